The Labute approximate surface area is 191 Å². The fraction of sp³-hybridized carbons (Fsp3) is 0.250. The van der Waals surface area contributed by atoms with Crippen LogP contribution in [0.1, 0.15) is 23.2 Å². The minimum Gasteiger partial charge on any atom is -0.481 e. The van der Waals surface area contributed by atoms with Crippen LogP contribution in [0.15, 0.2) is 34.1 Å². The minimum atomic E-state index is -1.34. The molecule has 7 N–H and O–H groups in total. The summed E-state index contributed by atoms with van der Waals surface area (Å²) in [6.07, 6.45) is 1.28. The third-order valence-corrected chi connectivity index (χ3v) is 4.91. The number of nitrogens with one attached hydrogen (secondary N) is 3. The van der Waals surface area contributed by atoms with E-state index >= 15 is 0 Å². The van der Waals surface area contributed by atoms with Gasteiger partial charge >= 0.3 is 11.9 Å². The highest BCUT2D eigenvalue weighted by Crippen LogP contribution is 2.26. The number of carboxylic acids is 2. The Morgan fingerprint density at radius 3 is 2.56 bits per heavy atom. The smallest absolute Gasteiger partial charge is 0.326 e. The summed E-state index contributed by atoms with van der Waals surface area (Å²) in [6, 6.07) is 4.09. The number of aromatic amines is 1. The Balaban J connectivity index is 1.63. The van der Waals surface area contributed by atoms with Gasteiger partial charge in [0.05, 0.1) is 6.04 Å². The molecular weight excluding hydrogens is 450 g/mol. The van der Waals surface area contributed by atoms with E-state index in [1.165, 1.54) is 23.2 Å². The van der Waals surface area contributed by atoms with E-state index in [1.54, 1.807) is 12.1 Å². The van der Waals surface area contributed by atoms with Crippen LogP contribution in [0.3, 0.4) is 0 Å². The number of carbonyl (C=O) groups is 4. The number of carbonyl (C=O) groups excluding carboxylic acids is 2. The second-order valence-corrected chi connectivity index (χ2v) is 7.24. The zero-order chi connectivity index (χ0) is 24.8. The summed E-state index contributed by atoms with van der Waals surface area (Å²) in [7, 11) is 0. The summed E-state index contributed by atoms with van der Waals surface area (Å²) in [5.41, 5.74) is 5.62. The number of aliphatic carboxylic acids is 2. The van der Waals surface area contributed by atoms with Gasteiger partial charge in [-0.3, -0.25) is 29.1 Å². The summed E-state index contributed by atoms with van der Waals surface area (Å²) in [4.78, 5) is 69.5. The van der Waals surface area contributed by atoms with Crippen LogP contribution in [0.4, 0.5) is 23.1 Å². The molecule has 1 aliphatic rings. The summed E-state index contributed by atoms with van der Waals surface area (Å²) in [5.74, 6) is -3.26. The molecule has 2 aromatic rings. The van der Waals surface area contributed by atoms with Crippen LogP contribution < -0.4 is 26.8 Å². The van der Waals surface area contributed by atoms with Crippen molar-refractivity contribution in [2.45, 2.75) is 24.9 Å². The molecule has 1 aromatic carbocycles. The lowest BCUT2D eigenvalue weighted by Crippen LogP contribution is -2.45. The van der Waals surface area contributed by atoms with Crippen molar-refractivity contribution in [3.8, 4) is 0 Å². The molecule has 1 aliphatic heterocycles. The number of amides is 2. The molecule has 0 saturated carbocycles. The van der Waals surface area contributed by atoms with Gasteiger partial charge in [-0.15, -0.1) is 0 Å². The molecule has 178 valence electrons. The zero-order valence-corrected chi connectivity index (χ0v) is 17.6. The van der Waals surface area contributed by atoms with Crippen molar-refractivity contribution in [1.29, 1.82) is 0 Å². The number of nitrogen functional groups attached to an aromatic ring is 1. The molecule has 0 fully saturated rings. The summed E-state index contributed by atoms with van der Waals surface area (Å²) in [5, 5.41) is 23.2. The molecule has 2 amide bonds. The van der Waals surface area contributed by atoms with Gasteiger partial charge in [-0.1, -0.05) is 0 Å². The van der Waals surface area contributed by atoms with Gasteiger partial charge in [-0.05, 0) is 30.7 Å². The van der Waals surface area contributed by atoms with Crippen molar-refractivity contribution >= 4 is 53.6 Å². The van der Waals surface area contributed by atoms with Crippen LogP contribution in [0.2, 0.25) is 0 Å². The summed E-state index contributed by atoms with van der Waals surface area (Å²) >= 11 is 0. The number of aliphatic imine (C=N–C) groups is 1. The highest BCUT2D eigenvalue weighted by Gasteiger charge is 2.27. The van der Waals surface area contributed by atoms with Crippen LogP contribution in [0.5, 0.6) is 0 Å². The summed E-state index contributed by atoms with van der Waals surface area (Å²) < 4.78 is 0. The number of benzene rings is 1. The molecule has 0 spiro atoms. The zero-order valence-electron chi connectivity index (χ0n) is 17.6. The maximum Gasteiger partial charge on any atom is 0.326 e. The molecule has 2 unspecified atom stereocenters. The number of fused-ring (bicyclic) bond motifs is 1. The lowest BCUT2D eigenvalue weighted by atomic mass is 10.1. The van der Waals surface area contributed by atoms with Gasteiger partial charge in [0.25, 0.3) is 11.5 Å². The van der Waals surface area contributed by atoms with Crippen molar-refractivity contribution < 1.29 is 29.4 Å². The van der Waals surface area contributed by atoms with E-state index in [2.05, 4.69) is 25.6 Å². The Morgan fingerprint density at radius 2 is 1.94 bits per heavy atom. The van der Waals surface area contributed by atoms with E-state index < -0.39 is 41.9 Å². The monoisotopic (exact) mass is 471 g/mol. The molecule has 34 heavy (non-hydrogen) atoms. The van der Waals surface area contributed by atoms with E-state index in [-0.39, 0.29) is 36.0 Å². The van der Waals surface area contributed by atoms with Crippen LogP contribution in [-0.2, 0) is 14.4 Å². The Kier molecular flexibility index (Phi) is 7.20. The maximum atomic E-state index is 12.3. The molecule has 1 aromatic heterocycles. The predicted octanol–water partition coefficient (Wildman–Crippen LogP) is -0.441. The average Bonchev–Trinajstić information content (AvgIpc) is 2.79. The fourth-order valence-electron chi connectivity index (χ4n) is 3.20. The van der Waals surface area contributed by atoms with E-state index in [9.17, 15) is 24.0 Å². The first kappa shape index (κ1) is 23.9. The van der Waals surface area contributed by atoms with Crippen molar-refractivity contribution in [3.63, 3.8) is 0 Å². The first-order valence-electron chi connectivity index (χ1n) is 9.96. The van der Waals surface area contributed by atoms with Gasteiger partial charge in [0.2, 0.25) is 12.4 Å². The van der Waals surface area contributed by atoms with Crippen LogP contribution in [-0.4, -0.2) is 69.3 Å². The van der Waals surface area contributed by atoms with E-state index in [0.717, 1.165) is 0 Å². The Hall–Kier alpha value is -4.75. The molecule has 14 heteroatoms. The molecule has 2 heterocycles. The van der Waals surface area contributed by atoms with Gasteiger partial charge in [0, 0.05) is 30.4 Å². The standard InChI is InChI=1S/C20H21N7O7/c21-20-25-16-15(18(32)26-20)27(9-28)12(8-23-16)7-22-11-3-1-10(2-4-11)17(31)24-13(19(33)34)5-6-14(29)30/h1-4,8-9,12-13,22H,5-7H2,(H,24,31)(H,29,30)(H,33,34)(H3,21,25,26,32). The number of anilines is 3. The number of hydrogen-bond acceptors (Lipinski definition) is 9. The third kappa shape index (κ3) is 5.53. The van der Waals surface area contributed by atoms with E-state index in [4.69, 9.17) is 15.9 Å². The molecule has 14 nitrogen and oxygen atoms in total. The third-order valence-electron chi connectivity index (χ3n) is 4.91. The van der Waals surface area contributed by atoms with Gasteiger partial charge in [0.15, 0.2) is 11.5 Å². The highest BCUT2D eigenvalue weighted by molar-refractivity contribution is 5.97. The normalized spacial score (nSPS) is 15.2. The van der Waals surface area contributed by atoms with Crippen LogP contribution in [0, 0.1) is 0 Å². The van der Waals surface area contributed by atoms with Gasteiger partial charge in [-0.2, -0.15) is 4.98 Å². The number of nitrogens with zero attached hydrogens (tertiary/aromatic N) is 3. The fourth-order valence-corrected chi connectivity index (χ4v) is 3.20. The molecule has 2 atom stereocenters. The van der Waals surface area contributed by atoms with Crippen LogP contribution in [0.25, 0.3) is 0 Å². The highest BCUT2D eigenvalue weighted by atomic mass is 16.4. The lowest BCUT2D eigenvalue weighted by molar-refractivity contribution is -0.140. The molecular formula is C20H21N7O7. The number of hydrogen-bond donors (Lipinski definition) is 6. The molecule has 0 aliphatic carbocycles. The number of carboxylic acid groups (broad SMARTS) is 2. The minimum absolute atomic E-state index is 0.0265. The van der Waals surface area contributed by atoms with E-state index in [0.29, 0.717) is 12.1 Å². The van der Waals surface area contributed by atoms with Crippen LogP contribution >= 0.6 is 0 Å². The first-order valence-corrected chi connectivity index (χ1v) is 9.96. The van der Waals surface area contributed by atoms with Gasteiger partial charge in [0.1, 0.15) is 6.04 Å². The maximum absolute atomic E-state index is 12.3. The number of aromatic nitrogens is 2. The number of rotatable bonds is 10. The molecule has 0 saturated heterocycles. The lowest BCUT2D eigenvalue weighted by Gasteiger charge is -2.28. The van der Waals surface area contributed by atoms with Crippen molar-refractivity contribution in [2.75, 3.05) is 22.5 Å². The van der Waals surface area contributed by atoms with Crippen molar-refractivity contribution in [1.82, 2.24) is 15.3 Å². The molecule has 0 radical (unpaired) electrons. The topological polar surface area (TPSA) is 220 Å². The van der Waals surface area contributed by atoms with Gasteiger partial charge < -0.3 is 26.6 Å². The number of nitrogens with two attached hydrogens (primary N) is 1. The summed E-state index contributed by atoms with van der Waals surface area (Å²) in [6.45, 7) is 0.174. The Morgan fingerprint density at radius 1 is 1.24 bits per heavy atom. The Bertz CT molecular complexity index is 1190. The SMILES string of the molecule is Nc1nc2c(c(=O)[nH]1)N(C=O)C(CNc1ccc(C(=O)NC(CCC(=O)O)C(=O)O)cc1)C=N2. The van der Waals surface area contributed by atoms with Crippen molar-refractivity contribution in [3.05, 3.63) is 40.2 Å². The molecule has 3 rings (SSSR count). The van der Waals surface area contributed by atoms with Gasteiger partial charge in [-0.25, -0.2) is 9.79 Å². The predicted molar refractivity (Wildman–Crippen MR) is 120 cm³/mol. The average molecular weight is 471 g/mol. The van der Waals surface area contributed by atoms with Crippen molar-refractivity contribution in [2.24, 2.45) is 4.99 Å². The first-order chi connectivity index (χ1) is 16.2. The van der Waals surface area contributed by atoms with E-state index in [1.807, 2.05) is 0 Å². The quantitative estimate of drug-likeness (QED) is 0.245. The second kappa shape index (κ2) is 10.2. The largest absolute Gasteiger partial charge is 0.481 e. The second-order valence-electron chi connectivity index (χ2n) is 7.24. The molecule has 0 bridgehead atoms. The number of H-pyrrole nitrogens is 1.